The summed E-state index contributed by atoms with van der Waals surface area (Å²) in [5.74, 6) is 1.04. The van der Waals surface area contributed by atoms with Gasteiger partial charge in [-0.25, -0.2) is 9.97 Å². The number of nitrogens with zero attached hydrogens (tertiary/aromatic N) is 2. The van der Waals surface area contributed by atoms with Gasteiger partial charge < -0.3 is 0 Å². The molecule has 2 heterocycles. The molecule has 0 fully saturated rings. The van der Waals surface area contributed by atoms with Crippen LogP contribution in [0, 0.1) is 3.57 Å². The van der Waals surface area contributed by atoms with Crippen LogP contribution in [0.1, 0.15) is 25.5 Å². The highest BCUT2D eigenvalue weighted by atomic mass is 127. The van der Waals surface area contributed by atoms with Crippen LogP contribution in [0.3, 0.4) is 0 Å². The smallest absolute Gasteiger partial charge is 0.162 e. The third-order valence-corrected chi connectivity index (χ3v) is 5.72. The van der Waals surface area contributed by atoms with E-state index in [4.69, 9.17) is 16.6 Å². The molecule has 5 heteroatoms. The summed E-state index contributed by atoms with van der Waals surface area (Å²) in [6.45, 7) is 4.24. The molecule has 0 unspecified atom stereocenters. The van der Waals surface area contributed by atoms with Crippen LogP contribution in [0.15, 0.2) is 29.6 Å². The molecule has 2 nitrogen and oxygen atoms in total. The minimum Gasteiger partial charge on any atom is -0.232 e. The Bertz CT molecular complexity index is 783. The van der Waals surface area contributed by atoms with Gasteiger partial charge in [-0.2, -0.15) is 0 Å². The minimum absolute atomic E-state index is 0.325. The van der Waals surface area contributed by atoms with Crippen molar-refractivity contribution < 1.29 is 0 Å². The molecule has 0 saturated heterocycles. The Morgan fingerprint density at radius 2 is 1.95 bits per heavy atom. The van der Waals surface area contributed by atoms with Crippen LogP contribution in [-0.4, -0.2) is 9.97 Å². The normalized spacial score (nSPS) is 11.4. The first-order valence-electron chi connectivity index (χ1n) is 6.27. The van der Waals surface area contributed by atoms with Gasteiger partial charge in [-0.15, -0.1) is 11.3 Å². The van der Waals surface area contributed by atoms with Crippen LogP contribution < -0.4 is 0 Å². The van der Waals surface area contributed by atoms with Gasteiger partial charge in [0.1, 0.15) is 5.15 Å². The van der Waals surface area contributed by atoms with Crippen molar-refractivity contribution in [1.29, 1.82) is 0 Å². The van der Waals surface area contributed by atoms with Gasteiger partial charge in [0.2, 0.25) is 0 Å². The maximum Gasteiger partial charge on any atom is 0.162 e. The molecule has 0 atom stereocenters. The first-order chi connectivity index (χ1) is 9.58. The number of hydrogen-bond acceptors (Lipinski definition) is 3. The van der Waals surface area contributed by atoms with Crippen molar-refractivity contribution in [2.45, 2.75) is 19.8 Å². The molecule has 0 N–H and O–H groups in total. The monoisotopic (exact) mass is 414 g/mol. The highest BCUT2D eigenvalue weighted by Crippen LogP contribution is 2.34. The fourth-order valence-corrected chi connectivity index (χ4v) is 4.07. The molecule has 3 rings (SSSR count). The predicted octanol–water partition coefficient (Wildman–Crippen LogP) is 5.74. The Kier molecular flexibility index (Phi) is 3.97. The fraction of sp³-hybridized carbons (Fsp3) is 0.200. The van der Waals surface area contributed by atoms with Gasteiger partial charge in [0.05, 0.1) is 9.26 Å². The molecule has 0 bridgehead atoms. The van der Waals surface area contributed by atoms with Crippen molar-refractivity contribution in [2.24, 2.45) is 0 Å². The fourth-order valence-electron chi connectivity index (χ4n) is 2.09. The third-order valence-electron chi connectivity index (χ3n) is 3.11. The number of aromatic nitrogens is 2. The summed E-state index contributed by atoms with van der Waals surface area (Å²) in [4.78, 5) is 9.19. The molecular weight excluding hydrogens is 403 g/mol. The summed E-state index contributed by atoms with van der Waals surface area (Å²) in [6.07, 6.45) is 0. The van der Waals surface area contributed by atoms with E-state index in [1.54, 1.807) is 11.3 Å². The highest BCUT2D eigenvalue weighted by Gasteiger charge is 2.16. The summed E-state index contributed by atoms with van der Waals surface area (Å²) in [5.41, 5.74) is 2.07. The zero-order chi connectivity index (χ0) is 14.3. The molecule has 0 radical (unpaired) electrons. The average Bonchev–Trinajstić information content (AvgIpc) is 2.85. The van der Waals surface area contributed by atoms with Crippen molar-refractivity contribution in [1.82, 2.24) is 9.97 Å². The van der Waals surface area contributed by atoms with Gasteiger partial charge >= 0.3 is 0 Å². The van der Waals surface area contributed by atoms with E-state index in [1.807, 2.05) is 12.1 Å². The predicted molar refractivity (Wildman–Crippen MR) is 94.7 cm³/mol. The lowest BCUT2D eigenvalue weighted by atomic mass is 10.1. The molecule has 1 aromatic carbocycles. The lowest BCUT2D eigenvalue weighted by Crippen LogP contribution is -2.02. The summed E-state index contributed by atoms with van der Waals surface area (Å²) < 4.78 is 2.19. The van der Waals surface area contributed by atoms with Crippen LogP contribution in [0.2, 0.25) is 5.15 Å². The number of hydrogen-bond donors (Lipinski definition) is 0. The molecule has 2 aromatic heterocycles. The van der Waals surface area contributed by atoms with Gasteiger partial charge in [-0.1, -0.05) is 43.6 Å². The minimum atomic E-state index is 0.325. The molecule has 20 heavy (non-hydrogen) atoms. The molecule has 0 amide bonds. The number of benzene rings is 1. The Morgan fingerprint density at radius 1 is 1.20 bits per heavy atom. The van der Waals surface area contributed by atoms with Gasteiger partial charge in [0.25, 0.3) is 0 Å². The zero-order valence-corrected chi connectivity index (χ0v) is 14.8. The van der Waals surface area contributed by atoms with E-state index in [9.17, 15) is 0 Å². The number of rotatable bonds is 2. The second kappa shape index (κ2) is 5.58. The Morgan fingerprint density at radius 3 is 2.70 bits per heavy atom. The van der Waals surface area contributed by atoms with Crippen LogP contribution >= 0.6 is 45.5 Å². The van der Waals surface area contributed by atoms with Crippen LogP contribution in [0.25, 0.3) is 21.5 Å². The molecule has 0 aliphatic carbocycles. The van der Waals surface area contributed by atoms with Crippen molar-refractivity contribution in [3.63, 3.8) is 0 Å². The van der Waals surface area contributed by atoms with E-state index in [0.29, 0.717) is 11.1 Å². The van der Waals surface area contributed by atoms with E-state index in [2.05, 4.69) is 58.9 Å². The van der Waals surface area contributed by atoms with Crippen molar-refractivity contribution in [3.8, 4) is 11.4 Å². The van der Waals surface area contributed by atoms with E-state index in [-0.39, 0.29) is 0 Å². The SMILES string of the molecule is CC(C)c1nc(-c2csc3ccccc23)nc(Cl)c1I. The van der Waals surface area contributed by atoms with Gasteiger partial charge in [-0.3, -0.25) is 0 Å². The van der Waals surface area contributed by atoms with E-state index >= 15 is 0 Å². The first-order valence-corrected chi connectivity index (χ1v) is 8.61. The molecule has 102 valence electrons. The number of halogens is 2. The lowest BCUT2D eigenvalue weighted by molar-refractivity contribution is 0.809. The average molecular weight is 415 g/mol. The van der Waals surface area contributed by atoms with Crippen LogP contribution in [0.5, 0.6) is 0 Å². The maximum absolute atomic E-state index is 6.28. The van der Waals surface area contributed by atoms with Crippen LogP contribution in [-0.2, 0) is 0 Å². The highest BCUT2D eigenvalue weighted by molar-refractivity contribution is 14.1. The van der Waals surface area contributed by atoms with Gasteiger partial charge in [0, 0.05) is 21.0 Å². The Labute approximate surface area is 140 Å². The van der Waals surface area contributed by atoms with Crippen LogP contribution in [0.4, 0.5) is 0 Å². The number of fused-ring (bicyclic) bond motifs is 1. The summed E-state index contributed by atoms with van der Waals surface area (Å²) >= 11 is 10.2. The van der Waals surface area contributed by atoms with Crippen molar-refractivity contribution in [2.75, 3.05) is 0 Å². The Hall–Kier alpha value is -0.720. The molecule has 0 aliphatic heterocycles. The second-order valence-corrected chi connectivity index (χ2v) is 7.19. The maximum atomic E-state index is 6.28. The topological polar surface area (TPSA) is 25.8 Å². The second-order valence-electron chi connectivity index (χ2n) is 4.84. The van der Waals surface area contributed by atoms with E-state index < -0.39 is 0 Å². The van der Waals surface area contributed by atoms with E-state index in [1.165, 1.54) is 10.1 Å². The number of thiophene rings is 1. The summed E-state index contributed by atoms with van der Waals surface area (Å²) in [6, 6.07) is 8.30. The quantitative estimate of drug-likeness (QED) is 0.395. The lowest BCUT2D eigenvalue weighted by Gasteiger charge is -2.10. The first kappa shape index (κ1) is 14.2. The Balaban J connectivity index is 2.24. The largest absolute Gasteiger partial charge is 0.232 e. The molecule has 0 aliphatic rings. The van der Waals surface area contributed by atoms with Crippen molar-refractivity contribution >= 4 is 55.6 Å². The molecule has 0 spiro atoms. The summed E-state index contributed by atoms with van der Waals surface area (Å²) in [7, 11) is 0. The summed E-state index contributed by atoms with van der Waals surface area (Å²) in [5, 5.41) is 3.83. The zero-order valence-electron chi connectivity index (χ0n) is 11.0. The van der Waals surface area contributed by atoms with Gasteiger partial charge in [0.15, 0.2) is 5.82 Å². The standard InChI is InChI=1S/C15H12ClIN2S/c1-8(2)13-12(17)14(16)19-15(18-13)10-7-20-11-6-4-3-5-9(10)11/h3-8H,1-2H3. The third kappa shape index (κ3) is 2.44. The molecular formula is C15H12ClIN2S. The van der Waals surface area contributed by atoms with Crippen molar-refractivity contribution in [3.05, 3.63) is 44.1 Å². The molecule has 0 saturated carbocycles. The molecule has 3 aromatic rings. The van der Waals surface area contributed by atoms with Gasteiger partial charge in [-0.05, 0) is 34.6 Å². The van der Waals surface area contributed by atoms with E-state index in [0.717, 1.165) is 20.7 Å².